The maximum atomic E-state index is 12.4. The van der Waals surface area contributed by atoms with E-state index in [1.165, 1.54) is 28.7 Å². The molecular formula is C35H40O3. The minimum atomic E-state index is -0.821. The van der Waals surface area contributed by atoms with Gasteiger partial charge in [-0.05, 0) is 90.2 Å². The van der Waals surface area contributed by atoms with Crippen molar-refractivity contribution in [2.75, 3.05) is 0 Å². The van der Waals surface area contributed by atoms with Crippen molar-refractivity contribution in [2.45, 2.75) is 76.3 Å². The number of rotatable bonds is 8. The first kappa shape index (κ1) is 25.4. The summed E-state index contributed by atoms with van der Waals surface area (Å²) < 4.78 is 12.8. The molecule has 6 unspecified atom stereocenters. The first-order valence-electron chi connectivity index (χ1n) is 14.3. The Morgan fingerprint density at radius 1 is 0.921 bits per heavy atom. The van der Waals surface area contributed by atoms with E-state index >= 15 is 0 Å². The number of fused-ring (bicyclic) bond motifs is 5. The highest BCUT2D eigenvalue weighted by Crippen LogP contribution is 2.65. The van der Waals surface area contributed by atoms with Crippen molar-refractivity contribution in [2.24, 2.45) is 17.3 Å². The SMILES string of the molecule is C=CCC1(O)CC2(C)C(OCc3ccccc3)CCC2C2CCc3cc(OCc4ccccc4)ccc3C21. The molecule has 3 aromatic rings. The van der Waals surface area contributed by atoms with Crippen molar-refractivity contribution in [3.63, 3.8) is 0 Å². The van der Waals surface area contributed by atoms with E-state index in [9.17, 15) is 5.11 Å². The molecule has 2 fully saturated rings. The van der Waals surface area contributed by atoms with Crippen molar-refractivity contribution in [1.82, 2.24) is 0 Å². The molecule has 2 saturated carbocycles. The van der Waals surface area contributed by atoms with E-state index in [-0.39, 0.29) is 17.4 Å². The lowest BCUT2D eigenvalue weighted by atomic mass is 9.49. The topological polar surface area (TPSA) is 38.7 Å². The van der Waals surface area contributed by atoms with Crippen molar-refractivity contribution >= 4 is 0 Å². The molecule has 0 aliphatic heterocycles. The summed E-state index contributed by atoms with van der Waals surface area (Å²) in [6, 6.07) is 27.3. The zero-order chi connectivity index (χ0) is 26.2. The zero-order valence-electron chi connectivity index (χ0n) is 22.5. The van der Waals surface area contributed by atoms with E-state index in [0.29, 0.717) is 31.5 Å². The van der Waals surface area contributed by atoms with Crippen LogP contribution in [0.2, 0.25) is 0 Å². The molecule has 3 aliphatic rings. The second-order valence-corrected chi connectivity index (χ2v) is 12.1. The van der Waals surface area contributed by atoms with Crippen molar-refractivity contribution < 1.29 is 14.6 Å². The van der Waals surface area contributed by atoms with Crippen LogP contribution in [0.5, 0.6) is 5.75 Å². The van der Waals surface area contributed by atoms with E-state index in [2.05, 4.69) is 68.1 Å². The Balaban J connectivity index is 1.25. The van der Waals surface area contributed by atoms with Crippen LogP contribution < -0.4 is 4.74 Å². The summed E-state index contributed by atoms with van der Waals surface area (Å²) in [5.74, 6) is 2.04. The van der Waals surface area contributed by atoms with Crippen molar-refractivity contribution in [3.05, 3.63) is 114 Å². The Kier molecular flexibility index (Phi) is 6.92. The number of aryl methyl sites for hydroxylation is 1. The average molecular weight is 509 g/mol. The van der Waals surface area contributed by atoms with Gasteiger partial charge in [-0.25, -0.2) is 0 Å². The molecule has 0 amide bonds. The summed E-state index contributed by atoms with van der Waals surface area (Å²) in [7, 11) is 0. The van der Waals surface area contributed by atoms with Gasteiger partial charge < -0.3 is 14.6 Å². The summed E-state index contributed by atoms with van der Waals surface area (Å²) in [6.07, 6.45) is 7.82. The molecule has 0 spiro atoms. The van der Waals surface area contributed by atoms with Crippen LogP contribution >= 0.6 is 0 Å². The Morgan fingerprint density at radius 3 is 2.34 bits per heavy atom. The predicted molar refractivity (Wildman–Crippen MR) is 152 cm³/mol. The number of hydrogen-bond acceptors (Lipinski definition) is 3. The normalized spacial score (nSPS) is 31.6. The third kappa shape index (κ3) is 4.61. The third-order valence-electron chi connectivity index (χ3n) is 9.77. The van der Waals surface area contributed by atoms with Crippen LogP contribution in [0.4, 0.5) is 0 Å². The lowest BCUT2D eigenvalue weighted by Crippen LogP contribution is -2.56. The van der Waals surface area contributed by atoms with Crippen molar-refractivity contribution in [3.8, 4) is 5.75 Å². The molecule has 3 aliphatic carbocycles. The van der Waals surface area contributed by atoms with Crippen LogP contribution in [0, 0.1) is 17.3 Å². The standard InChI is InChI=1S/C35H40O3/c1-3-20-35(36)24-34(2)31(18-19-32(34)38-23-26-12-8-5-9-13-26)30-16-14-27-21-28(15-17-29(27)33(30)35)37-22-25-10-6-4-7-11-25/h3-13,15,17,21,30-33,36H,1,14,16,18-20,22-24H2,2H3. The monoisotopic (exact) mass is 508 g/mol. The first-order chi connectivity index (χ1) is 18.5. The van der Waals surface area contributed by atoms with Crippen LogP contribution in [0.25, 0.3) is 0 Å². The molecule has 3 aromatic carbocycles. The highest BCUT2D eigenvalue weighted by molar-refractivity contribution is 5.43. The highest BCUT2D eigenvalue weighted by atomic mass is 16.5. The zero-order valence-corrected chi connectivity index (χ0v) is 22.5. The number of benzene rings is 3. The van der Waals surface area contributed by atoms with Crippen LogP contribution in [-0.4, -0.2) is 16.8 Å². The highest BCUT2D eigenvalue weighted by Gasteiger charge is 2.62. The molecular weight excluding hydrogens is 468 g/mol. The minimum absolute atomic E-state index is 0.0378. The molecule has 0 saturated heterocycles. The molecule has 3 nitrogen and oxygen atoms in total. The van der Waals surface area contributed by atoms with Gasteiger partial charge in [0.15, 0.2) is 0 Å². The molecule has 0 bridgehead atoms. The van der Waals surface area contributed by atoms with Gasteiger partial charge in [-0.2, -0.15) is 0 Å². The third-order valence-corrected chi connectivity index (χ3v) is 9.77. The van der Waals surface area contributed by atoms with Crippen LogP contribution in [0.1, 0.15) is 67.2 Å². The number of ether oxygens (including phenoxy) is 2. The van der Waals surface area contributed by atoms with Gasteiger partial charge in [-0.15, -0.1) is 6.58 Å². The Hall–Kier alpha value is -2.88. The average Bonchev–Trinajstić information content (AvgIpc) is 3.26. The summed E-state index contributed by atoms with van der Waals surface area (Å²) in [5, 5.41) is 12.4. The van der Waals surface area contributed by atoms with Gasteiger partial charge in [0, 0.05) is 5.92 Å². The quantitative estimate of drug-likeness (QED) is 0.318. The molecule has 38 heavy (non-hydrogen) atoms. The second kappa shape index (κ2) is 10.4. The summed E-state index contributed by atoms with van der Waals surface area (Å²) in [4.78, 5) is 0. The predicted octanol–water partition coefficient (Wildman–Crippen LogP) is 7.62. The van der Waals surface area contributed by atoms with Gasteiger partial charge in [0.25, 0.3) is 0 Å². The molecule has 6 atom stereocenters. The Labute approximate surface area is 227 Å². The molecule has 1 N–H and O–H groups in total. The summed E-state index contributed by atoms with van der Waals surface area (Å²) >= 11 is 0. The van der Waals surface area contributed by atoms with Gasteiger partial charge in [0.05, 0.1) is 18.3 Å². The van der Waals surface area contributed by atoms with E-state index in [0.717, 1.165) is 31.4 Å². The lowest BCUT2D eigenvalue weighted by molar-refractivity contribution is -0.151. The van der Waals surface area contributed by atoms with E-state index in [1.54, 1.807) is 0 Å². The maximum Gasteiger partial charge on any atom is 0.120 e. The molecule has 198 valence electrons. The lowest BCUT2D eigenvalue weighted by Gasteiger charge is -2.58. The first-order valence-corrected chi connectivity index (χ1v) is 14.3. The van der Waals surface area contributed by atoms with Gasteiger partial charge in [-0.3, -0.25) is 0 Å². The number of aliphatic hydroxyl groups is 1. The fourth-order valence-electron chi connectivity index (χ4n) is 8.21. The second-order valence-electron chi connectivity index (χ2n) is 12.1. The molecule has 0 heterocycles. The van der Waals surface area contributed by atoms with Gasteiger partial charge in [-0.1, -0.05) is 79.7 Å². The minimum Gasteiger partial charge on any atom is -0.489 e. The fraction of sp³-hybridized carbons (Fsp3) is 0.429. The van der Waals surface area contributed by atoms with Crippen molar-refractivity contribution in [1.29, 1.82) is 0 Å². The number of hydrogen-bond donors (Lipinski definition) is 1. The van der Waals surface area contributed by atoms with E-state index in [4.69, 9.17) is 9.47 Å². The molecule has 0 radical (unpaired) electrons. The smallest absolute Gasteiger partial charge is 0.120 e. The van der Waals surface area contributed by atoms with Gasteiger partial charge >= 0.3 is 0 Å². The molecule has 6 rings (SSSR count). The van der Waals surface area contributed by atoms with Crippen LogP contribution in [0.3, 0.4) is 0 Å². The van der Waals surface area contributed by atoms with Crippen LogP contribution in [0.15, 0.2) is 91.5 Å². The Bertz CT molecular complexity index is 1250. The van der Waals surface area contributed by atoms with Crippen LogP contribution in [-0.2, 0) is 24.4 Å². The summed E-state index contributed by atoms with van der Waals surface area (Å²) in [6.45, 7) is 7.64. The maximum absolute atomic E-state index is 12.4. The van der Waals surface area contributed by atoms with E-state index in [1.807, 2.05) is 30.3 Å². The largest absolute Gasteiger partial charge is 0.489 e. The Morgan fingerprint density at radius 2 is 1.63 bits per heavy atom. The van der Waals surface area contributed by atoms with Gasteiger partial charge in [0.1, 0.15) is 12.4 Å². The van der Waals surface area contributed by atoms with E-state index < -0.39 is 5.60 Å². The fourth-order valence-corrected chi connectivity index (χ4v) is 8.21. The molecule has 0 aromatic heterocycles. The summed E-state index contributed by atoms with van der Waals surface area (Å²) in [5.41, 5.74) is 4.17. The molecule has 3 heteroatoms. The van der Waals surface area contributed by atoms with Gasteiger partial charge in [0.2, 0.25) is 0 Å².